The average molecular weight is 310 g/mol. The van der Waals surface area contributed by atoms with Gasteiger partial charge in [0, 0.05) is 19.3 Å². The number of rotatable bonds is 6. The number of likely N-dealkylation sites (N-methyl/N-ethyl adjacent to an activating group) is 1. The Hall–Kier alpha value is -2.62. The molecule has 0 saturated heterocycles. The van der Waals surface area contributed by atoms with Gasteiger partial charge in [-0.3, -0.25) is 9.78 Å². The lowest BCUT2D eigenvalue weighted by molar-refractivity contribution is -0.125. The average Bonchev–Trinajstić information content (AvgIpc) is 2.56. The highest BCUT2D eigenvalue weighted by atomic mass is 16.5. The van der Waals surface area contributed by atoms with Crippen molar-refractivity contribution in [1.82, 2.24) is 9.88 Å². The van der Waals surface area contributed by atoms with Gasteiger partial charge in [0.2, 0.25) is 5.91 Å². The van der Waals surface area contributed by atoms with Gasteiger partial charge in [-0.15, -0.1) is 0 Å². The molecule has 0 saturated carbocycles. The van der Waals surface area contributed by atoms with Crippen molar-refractivity contribution in [2.45, 2.75) is 19.9 Å². The van der Waals surface area contributed by atoms with E-state index < -0.39 is 0 Å². The molecule has 0 fully saturated rings. The molecule has 1 aromatic heterocycles. The maximum atomic E-state index is 12.3. The summed E-state index contributed by atoms with van der Waals surface area (Å²) in [5, 5.41) is 0. The standard InChI is InChI=1S/C19H22N2O2/c1-15(12-16-8-4-5-10-18(16)23-3)13-19(22)21(2)14-17-9-6-7-11-20-17/h4-11,13H,12,14H2,1-3H3/b15-13-. The number of nitrogens with zero attached hydrogens (tertiary/aromatic N) is 2. The molecule has 4 nitrogen and oxygen atoms in total. The van der Waals surface area contributed by atoms with E-state index in [9.17, 15) is 4.79 Å². The van der Waals surface area contributed by atoms with Crippen LogP contribution in [-0.2, 0) is 17.8 Å². The van der Waals surface area contributed by atoms with Crippen LogP contribution in [-0.4, -0.2) is 29.9 Å². The molecule has 0 spiro atoms. The Morgan fingerprint density at radius 1 is 1.22 bits per heavy atom. The summed E-state index contributed by atoms with van der Waals surface area (Å²) in [6.07, 6.45) is 4.10. The summed E-state index contributed by atoms with van der Waals surface area (Å²) in [5.41, 5.74) is 2.94. The summed E-state index contributed by atoms with van der Waals surface area (Å²) < 4.78 is 5.35. The van der Waals surface area contributed by atoms with E-state index >= 15 is 0 Å². The summed E-state index contributed by atoms with van der Waals surface area (Å²) in [5.74, 6) is 0.817. The van der Waals surface area contributed by atoms with Crippen molar-refractivity contribution in [2.24, 2.45) is 0 Å². The van der Waals surface area contributed by atoms with Crippen LogP contribution in [0.15, 0.2) is 60.3 Å². The number of allylic oxidation sites excluding steroid dienone is 1. The molecular formula is C19H22N2O2. The Morgan fingerprint density at radius 3 is 2.65 bits per heavy atom. The largest absolute Gasteiger partial charge is 0.496 e. The summed E-state index contributed by atoms with van der Waals surface area (Å²) in [4.78, 5) is 18.2. The lowest BCUT2D eigenvalue weighted by Crippen LogP contribution is -2.25. The zero-order chi connectivity index (χ0) is 16.7. The number of pyridine rings is 1. The van der Waals surface area contributed by atoms with E-state index in [1.165, 1.54) is 0 Å². The van der Waals surface area contributed by atoms with E-state index in [1.807, 2.05) is 49.4 Å². The van der Waals surface area contributed by atoms with Gasteiger partial charge in [0.05, 0.1) is 19.3 Å². The Kier molecular flexibility index (Phi) is 5.92. The van der Waals surface area contributed by atoms with Crippen molar-refractivity contribution in [3.8, 4) is 5.75 Å². The number of amides is 1. The minimum absolute atomic E-state index is 0.0250. The van der Waals surface area contributed by atoms with Crippen LogP contribution in [0.3, 0.4) is 0 Å². The molecule has 1 heterocycles. The van der Waals surface area contributed by atoms with Gasteiger partial charge in [-0.05, 0) is 37.1 Å². The van der Waals surface area contributed by atoms with Crippen LogP contribution < -0.4 is 4.74 Å². The summed E-state index contributed by atoms with van der Waals surface area (Å²) >= 11 is 0. The van der Waals surface area contributed by atoms with Gasteiger partial charge >= 0.3 is 0 Å². The first-order valence-corrected chi connectivity index (χ1v) is 7.54. The van der Waals surface area contributed by atoms with Gasteiger partial charge in [-0.2, -0.15) is 0 Å². The van der Waals surface area contributed by atoms with Gasteiger partial charge in [0.1, 0.15) is 5.75 Å². The molecule has 2 rings (SSSR count). The second-order valence-corrected chi connectivity index (χ2v) is 5.49. The predicted octanol–water partition coefficient (Wildman–Crippen LogP) is 3.24. The molecule has 1 amide bonds. The third-order valence-electron chi connectivity index (χ3n) is 3.53. The molecule has 1 aromatic carbocycles. The number of para-hydroxylation sites is 1. The molecule has 0 aliphatic heterocycles. The zero-order valence-electron chi connectivity index (χ0n) is 13.8. The first-order valence-electron chi connectivity index (χ1n) is 7.54. The topological polar surface area (TPSA) is 42.4 Å². The van der Waals surface area contributed by atoms with E-state index in [0.717, 1.165) is 22.6 Å². The van der Waals surface area contributed by atoms with Crippen LogP contribution in [0.1, 0.15) is 18.2 Å². The van der Waals surface area contributed by atoms with E-state index in [4.69, 9.17) is 4.74 Å². The van der Waals surface area contributed by atoms with Gasteiger partial charge in [0.25, 0.3) is 0 Å². The third-order valence-corrected chi connectivity index (χ3v) is 3.53. The number of aromatic nitrogens is 1. The van der Waals surface area contributed by atoms with E-state index in [0.29, 0.717) is 13.0 Å². The highest BCUT2D eigenvalue weighted by molar-refractivity contribution is 5.88. The second-order valence-electron chi connectivity index (χ2n) is 5.49. The lowest BCUT2D eigenvalue weighted by atomic mass is 10.0. The third kappa shape index (κ3) is 4.95. The highest BCUT2D eigenvalue weighted by Crippen LogP contribution is 2.20. The van der Waals surface area contributed by atoms with Crippen molar-refractivity contribution >= 4 is 5.91 Å². The monoisotopic (exact) mass is 310 g/mol. The molecule has 2 aromatic rings. The van der Waals surface area contributed by atoms with Crippen LogP contribution >= 0.6 is 0 Å². The molecule has 0 bridgehead atoms. The molecule has 0 aliphatic carbocycles. The Bertz CT molecular complexity index is 681. The summed E-state index contributed by atoms with van der Waals surface area (Å²) in [7, 11) is 3.44. The van der Waals surface area contributed by atoms with Crippen molar-refractivity contribution in [3.63, 3.8) is 0 Å². The van der Waals surface area contributed by atoms with Crippen LogP contribution in [0.25, 0.3) is 0 Å². The quantitative estimate of drug-likeness (QED) is 0.769. The van der Waals surface area contributed by atoms with E-state index in [-0.39, 0.29) is 5.91 Å². The molecule has 0 atom stereocenters. The van der Waals surface area contributed by atoms with Crippen LogP contribution in [0.5, 0.6) is 5.75 Å². The minimum Gasteiger partial charge on any atom is -0.496 e. The number of benzene rings is 1. The zero-order valence-corrected chi connectivity index (χ0v) is 13.8. The first kappa shape index (κ1) is 16.7. The van der Waals surface area contributed by atoms with E-state index in [2.05, 4.69) is 4.98 Å². The van der Waals surface area contributed by atoms with Crippen molar-refractivity contribution < 1.29 is 9.53 Å². The van der Waals surface area contributed by atoms with Crippen LogP contribution in [0, 0.1) is 0 Å². The number of hydrogen-bond acceptors (Lipinski definition) is 3. The maximum absolute atomic E-state index is 12.3. The number of carbonyl (C=O) groups excluding carboxylic acids is 1. The molecule has 0 radical (unpaired) electrons. The molecule has 0 N–H and O–H groups in total. The molecule has 23 heavy (non-hydrogen) atoms. The van der Waals surface area contributed by atoms with Gasteiger partial charge in [0.15, 0.2) is 0 Å². The fourth-order valence-corrected chi connectivity index (χ4v) is 2.33. The maximum Gasteiger partial charge on any atom is 0.246 e. The van der Waals surface area contributed by atoms with Crippen LogP contribution in [0.2, 0.25) is 0 Å². The normalized spacial score (nSPS) is 11.2. The number of methoxy groups -OCH3 is 1. The molecule has 4 heteroatoms. The van der Waals surface area contributed by atoms with Gasteiger partial charge in [-0.25, -0.2) is 0 Å². The Balaban J connectivity index is 2.00. The lowest BCUT2D eigenvalue weighted by Gasteiger charge is -2.15. The molecule has 0 unspecified atom stereocenters. The highest BCUT2D eigenvalue weighted by Gasteiger charge is 2.09. The minimum atomic E-state index is -0.0250. The smallest absolute Gasteiger partial charge is 0.246 e. The van der Waals surface area contributed by atoms with E-state index in [1.54, 1.807) is 31.3 Å². The Labute approximate surface area is 137 Å². The summed E-state index contributed by atoms with van der Waals surface area (Å²) in [6, 6.07) is 13.5. The number of hydrogen-bond donors (Lipinski definition) is 0. The molecule has 120 valence electrons. The SMILES string of the molecule is COc1ccccc1C/C(C)=C\C(=O)N(C)Cc1ccccn1. The van der Waals surface area contributed by atoms with Crippen molar-refractivity contribution in [2.75, 3.05) is 14.2 Å². The summed E-state index contributed by atoms with van der Waals surface area (Å²) in [6.45, 7) is 2.46. The van der Waals surface area contributed by atoms with Gasteiger partial charge < -0.3 is 9.64 Å². The fourth-order valence-electron chi connectivity index (χ4n) is 2.33. The molecule has 0 aliphatic rings. The second kappa shape index (κ2) is 8.13. The Morgan fingerprint density at radius 2 is 1.96 bits per heavy atom. The van der Waals surface area contributed by atoms with Gasteiger partial charge in [-0.1, -0.05) is 29.8 Å². The molecular weight excluding hydrogens is 288 g/mol. The van der Waals surface area contributed by atoms with Crippen molar-refractivity contribution in [3.05, 3.63) is 71.6 Å². The predicted molar refractivity (Wildman–Crippen MR) is 91.2 cm³/mol. The number of ether oxygens (including phenoxy) is 1. The van der Waals surface area contributed by atoms with Crippen molar-refractivity contribution in [1.29, 1.82) is 0 Å². The fraction of sp³-hybridized carbons (Fsp3) is 0.263. The number of carbonyl (C=O) groups is 1. The first-order chi connectivity index (χ1) is 11.1. The van der Waals surface area contributed by atoms with Crippen LogP contribution in [0.4, 0.5) is 0 Å².